The van der Waals surface area contributed by atoms with Crippen molar-refractivity contribution in [3.63, 3.8) is 0 Å². The van der Waals surface area contributed by atoms with Gasteiger partial charge in [0.1, 0.15) is 11.2 Å². The molecule has 0 bridgehead atoms. The molecule has 0 aliphatic heterocycles. The summed E-state index contributed by atoms with van der Waals surface area (Å²) in [6, 6.07) is 67.1. The Morgan fingerprint density at radius 3 is 1.62 bits per heavy atom. The minimum Gasteiger partial charge on any atom is -0.455 e. The van der Waals surface area contributed by atoms with Gasteiger partial charge >= 0.3 is 0 Å². The van der Waals surface area contributed by atoms with Crippen LogP contribution in [0.3, 0.4) is 0 Å². The van der Waals surface area contributed by atoms with Gasteiger partial charge in [0, 0.05) is 21.6 Å². The normalized spacial score (nSPS) is 13.3. The van der Waals surface area contributed by atoms with Crippen molar-refractivity contribution in [3.05, 3.63) is 193 Å². The van der Waals surface area contributed by atoms with Crippen molar-refractivity contribution in [2.45, 2.75) is 19.3 Å². The Balaban J connectivity index is 0.986. The molecule has 0 fully saturated rings. The highest BCUT2D eigenvalue weighted by Gasteiger charge is 2.38. The number of fused-ring (bicyclic) bond motifs is 12. The fourth-order valence-electron chi connectivity index (χ4n) is 10.0. The largest absolute Gasteiger partial charge is 0.455 e. The summed E-state index contributed by atoms with van der Waals surface area (Å²) >= 11 is 0. The van der Waals surface area contributed by atoms with Crippen molar-refractivity contribution in [1.82, 2.24) is 0 Å². The first-order chi connectivity index (χ1) is 27.5. The van der Waals surface area contributed by atoms with Gasteiger partial charge in [0.2, 0.25) is 0 Å². The molecule has 0 radical (unpaired) electrons. The zero-order chi connectivity index (χ0) is 37.1. The molecule has 1 heterocycles. The standard InChI is InChI=1S/C55H36O/c1-55(2)48-29-26-38(32-47(48)45-27-24-34-25-28-46-40-14-10-11-19-49(40)56-54(46)52(34)53(45)55)36-20-21-37-31-39(23-22-35(37)30-36)51-43-17-8-6-15-41(43)50(33-12-4-3-5-13-33)42-16-7-9-18-44(42)51/h3-32H,1-2H3. The van der Waals surface area contributed by atoms with E-state index in [-0.39, 0.29) is 5.41 Å². The SMILES string of the molecule is CC1(C)c2ccc(-c3ccc4cc(-c5c6ccccc6c(-c6ccccc6)c6ccccc56)ccc4c3)cc2-c2ccc3ccc4c5ccccc5oc4c3c21. The van der Waals surface area contributed by atoms with Gasteiger partial charge < -0.3 is 4.42 Å². The van der Waals surface area contributed by atoms with Crippen LogP contribution in [0.15, 0.2) is 186 Å². The number of hydrogen-bond acceptors (Lipinski definition) is 1. The molecule has 0 amide bonds. The van der Waals surface area contributed by atoms with Gasteiger partial charge in [-0.05, 0) is 124 Å². The molecule has 0 unspecified atom stereocenters. The molecule has 262 valence electrons. The first kappa shape index (κ1) is 31.4. The molecule has 0 N–H and O–H groups in total. The third-order valence-electron chi connectivity index (χ3n) is 12.6. The van der Waals surface area contributed by atoms with E-state index in [1.165, 1.54) is 109 Å². The summed E-state index contributed by atoms with van der Waals surface area (Å²) in [6.07, 6.45) is 0. The molecular weight excluding hydrogens is 677 g/mol. The number of benzene rings is 10. The summed E-state index contributed by atoms with van der Waals surface area (Å²) in [5.41, 5.74) is 14.6. The Hall–Kier alpha value is -6.96. The van der Waals surface area contributed by atoms with Crippen molar-refractivity contribution in [2.24, 2.45) is 0 Å². The second-order valence-corrected chi connectivity index (χ2v) is 16.0. The molecule has 1 aliphatic carbocycles. The number of hydrogen-bond donors (Lipinski definition) is 0. The van der Waals surface area contributed by atoms with Crippen LogP contribution >= 0.6 is 0 Å². The van der Waals surface area contributed by atoms with E-state index in [4.69, 9.17) is 4.42 Å². The van der Waals surface area contributed by atoms with Gasteiger partial charge in [0.15, 0.2) is 0 Å². The van der Waals surface area contributed by atoms with Crippen molar-refractivity contribution in [1.29, 1.82) is 0 Å². The van der Waals surface area contributed by atoms with Crippen LogP contribution in [-0.4, -0.2) is 0 Å². The van der Waals surface area contributed by atoms with E-state index in [0.29, 0.717) is 0 Å². The Labute approximate surface area is 325 Å². The van der Waals surface area contributed by atoms with Gasteiger partial charge in [-0.1, -0.05) is 166 Å². The van der Waals surface area contributed by atoms with Gasteiger partial charge in [-0.3, -0.25) is 0 Å². The van der Waals surface area contributed by atoms with E-state index in [2.05, 4.69) is 196 Å². The Bertz CT molecular complexity index is 3380. The quantitative estimate of drug-likeness (QED) is 0.166. The summed E-state index contributed by atoms with van der Waals surface area (Å²) in [5.74, 6) is 0. The summed E-state index contributed by atoms with van der Waals surface area (Å²) in [7, 11) is 0. The van der Waals surface area contributed by atoms with Crippen molar-refractivity contribution in [3.8, 4) is 44.5 Å². The maximum absolute atomic E-state index is 6.62. The average Bonchev–Trinajstić information content (AvgIpc) is 3.74. The molecule has 11 aromatic rings. The zero-order valence-corrected chi connectivity index (χ0v) is 31.2. The van der Waals surface area contributed by atoms with Gasteiger partial charge in [-0.25, -0.2) is 0 Å². The van der Waals surface area contributed by atoms with Crippen LogP contribution < -0.4 is 0 Å². The summed E-state index contributed by atoms with van der Waals surface area (Å²) < 4.78 is 6.62. The van der Waals surface area contributed by atoms with Crippen LogP contribution in [0.25, 0.3) is 110 Å². The first-order valence-corrected chi connectivity index (χ1v) is 19.6. The van der Waals surface area contributed by atoms with E-state index >= 15 is 0 Å². The molecule has 1 nitrogen and oxygen atoms in total. The lowest BCUT2D eigenvalue weighted by Crippen LogP contribution is -2.15. The van der Waals surface area contributed by atoms with Crippen LogP contribution in [0.2, 0.25) is 0 Å². The smallest absolute Gasteiger partial charge is 0.143 e. The number of furan rings is 1. The van der Waals surface area contributed by atoms with Gasteiger partial charge in [0.25, 0.3) is 0 Å². The lowest BCUT2D eigenvalue weighted by atomic mass is 9.79. The predicted molar refractivity (Wildman–Crippen MR) is 238 cm³/mol. The molecule has 0 atom stereocenters. The van der Waals surface area contributed by atoms with E-state index in [0.717, 1.165) is 11.2 Å². The second kappa shape index (κ2) is 11.5. The van der Waals surface area contributed by atoms with Crippen molar-refractivity contribution in [2.75, 3.05) is 0 Å². The fourth-order valence-corrected chi connectivity index (χ4v) is 10.0. The van der Waals surface area contributed by atoms with Gasteiger partial charge in [-0.15, -0.1) is 0 Å². The monoisotopic (exact) mass is 712 g/mol. The Kier molecular flexibility index (Phi) is 6.46. The average molecular weight is 713 g/mol. The first-order valence-electron chi connectivity index (χ1n) is 19.6. The number of rotatable bonds is 3. The van der Waals surface area contributed by atoms with Gasteiger partial charge in [-0.2, -0.15) is 0 Å². The highest BCUT2D eigenvalue weighted by molar-refractivity contribution is 6.22. The molecule has 0 spiro atoms. The Morgan fingerprint density at radius 2 is 0.911 bits per heavy atom. The fraction of sp³-hybridized carbons (Fsp3) is 0.0545. The molecule has 12 rings (SSSR count). The molecule has 0 saturated carbocycles. The van der Waals surface area contributed by atoms with Gasteiger partial charge in [0.05, 0.1) is 0 Å². The third-order valence-corrected chi connectivity index (χ3v) is 12.6. The second-order valence-electron chi connectivity index (χ2n) is 16.0. The minimum absolute atomic E-state index is 0.177. The lowest BCUT2D eigenvalue weighted by Gasteiger charge is -2.23. The molecule has 1 heteroatoms. The molecule has 1 aliphatic rings. The van der Waals surface area contributed by atoms with Crippen LogP contribution in [0, 0.1) is 0 Å². The minimum atomic E-state index is -0.177. The van der Waals surface area contributed by atoms with E-state index in [1.54, 1.807) is 0 Å². The summed E-state index contributed by atoms with van der Waals surface area (Å²) in [5, 5.41) is 12.4. The maximum atomic E-state index is 6.62. The van der Waals surface area contributed by atoms with Crippen molar-refractivity contribution < 1.29 is 4.42 Å². The lowest BCUT2D eigenvalue weighted by molar-refractivity contribution is 0.656. The highest BCUT2D eigenvalue weighted by atomic mass is 16.3. The predicted octanol–water partition coefficient (Wildman–Crippen LogP) is 15.5. The summed E-state index contributed by atoms with van der Waals surface area (Å²) in [6.45, 7) is 4.74. The Morgan fingerprint density at radius 1 is 0.375 bits per heavy atom. The molecule has 56 heavy (non-hydrogen) atoms. The molecular formula is C55H36O. The third kappa shape index (κ3) is 4.37. The van der Waals surface area contributed by atoms with Crippen molar-refractivity contribution >= 4 is 65.0 Å². The van der Waals surface area contributed by atoms with Crippen LogP contribution in [0.5, 0.6) is 0 Å². The van der Waals surface area contributed by atoms with E-state index in [1.807, 2.05) is 0 Å². The number of para-hydroxylation sites is 1. The zero-order valence-electron chi connectivity index (χ0n) is 31.2. The topological polar surface area (TPSA) is 13.1 Å². The highest BCUT2D eigenvalue weighted by Crippen LogP contribution is 2.54. The van der Waals surface area contributed by atoms with Crippen LogP contribution in [-0.2, 0) is 5.41 Å². The molecule has 10 aromatic carbocycles. The van der Waals surface area contributed by atoms with Crippen LogP contribution in [0.1, 0.15) is 25.0 Å². The van der Waals surface area contributed by atoms with Crippen LogP contribution in [0.4, 0.5) is 0 Å². The molecule has 0 saturated heterocycles. The maximum Gasteiger partial charge on any atom is 0.143 e. The summed E-state index contributed by atoms with van der Waals surface area (Å²) in [4.78, 5) is 0. The molecule has 1 aromatic heterocycles. The van der Waals surface area contributed by atoms with E-state index in [9.17, 15) is 0 Å². The van der Waals surface area contributed by atoms with E-state index < -0.39 is 0 Å².